The number of benzene rings is 4. The lowest BCUT2D eigenvalue weighted by molar-refractivity contribution is 0.122. The first kappa shape index (κ1) is 17.0. The lowest BCUT2D eigenvalue weighted by atomic mass is 9.97. The number of rotatable bonds is 3. The summed E-state index contributed by atoms with van der Waals surface area (Å²) < 4.78 is 5.44. The first-order chi connectivity index (χ1) is 13.9. The molecule has 0 radical (unpaired) electrons. The molecular weight excluding hydrogens is 344 g/mol. The fraction of sp³-hybridized carbons (Fsp3) is 0.160. The molecule has 28 heavy (non-hydrogen) atoms. The highest BCUT2D eigenvalue weighted by atomic mass is 16.5. The Hall–Kier alpha value is -3.17. The van der Waals surface area contributed by atoms with Crippen LogP contribution in [0.2, 0.25) is 0 Å². The highest BCUT2D eigenvalue weighted by Crippen LogP contribution is 2.28. The highest BCUT2D eigenvalue weighted by molar-refractivity contribution is 6.13. The lowest BCUT2D eigenvalue weighted by Gasteiger charge is -2.28. The molecule has 0 spiro atoms. The van der Waals surface area contributed by atoms with Gasteiger partial charge in [-0.05, 0) is 51.9 Å². The first-order valence-electron chi connectivity index (χ1n) is 9.76. The number of nitrogens with zero attached hydrogens (tertiary/aromatic N) is 2. The average Bonchev–Trinajstić information content (AvgIpc) is 2.77. The lowest BCUT2D eigenvalue weighted by Crippen LogP contribution is -2.36. The van der Waals surface area contributed by atoms with Gasteiger partial charge < -0.3 is 9.64 Å². The van der Waals surface area contributed by atoms with Crippen molar-refractivity contribution in [3.8, 4) is 0 Å². The third-order valence-corrected chi connectivity index (χ3v) is 5.38. The van der Waals surface area contributed by atoms with Gasteiger partial charge in [0.2, 0.25) is 0 Å². The summed E-state index contributed by atoms with van der Waals surface area (Å²) >= 11 is 0. The maximum absolute atomic E-state index is 5.44. The Morgan fingerprint density at radius 1 is 0.750 bits per heavy atom. The summed E-state index contributed by atoms with van der Waals surface area (Å²) in [4.78, 5) is 7.15. The second kappa shape index (κ2) is 7.45. The maximum atomic E-state index is 5.44. The molecule has 5 rings (SSSR count). The van der Waals surface area contributed by atoms with E-state index in [2.05, 4.69) is 83.8 Å². The van der Waals surface area contributed by atoms with E-state index in [9.17, 15) is 0 Å². The van der Waals surface area contributed by atoms with Crippen molar-refractivity contribution in [2.75, 3.05) is 31.2 Å². The largest absolute Gasteiger partial charge is 0.378 e. The summed E-state index contributed by atoms with van der Waals surface area (Å²) in [6, 6.07) is 27.8. The summed E-state index contributed by atoms with van der Waals surface area (Å²) in [6.45, 7) is 3.50. The summed E-state index contributed by atoms with van der Waals surface area (Å²) in [5, 5.41) is 4.94. The summed E-state index contributed by atoms with van der Waals surface area (Å²) in [7, 11) is 0. The monoisotopic (exact) mass is 366 g/mol. The van der Waals surface area contributed by atoms with Crippen molar-refractivity contribution in [1.29, 1.82) is 0 Å². The van der Waals surface area contributed by atoms with E-state index in [0.717, 1.165) is 32.0 Å². The third-order valence-electron chi connectivity index (χ3n) is 5.38. The fourth-order valence-corrected chi connectivity index (χ4v) is 3.90. The maximum Gasteiger partial charge on any atom is 0.0642 e. The number of anilines is 1. The molecule has 0 N–H and O–H groups in total. The Kier molecular flexibility index (Phi) is 4.51. The van der Waals surface area contributed by atoms with Crippen LogP contribution in [0.15, 0.2) is 83.9 Å². The summed E-state index contributed by atoms with van der Waals surface area (Å²) in [5.74, 6) is 0. The second-order valence-corrected chi connectivity index (χ2v) is 7.11. The molecule has 0 aromatic heterocycles. The van der Waals surface area contributed by atoms with Crippen LogP contribution in [-0.4, -0.2) is 32.5 Å². The Labute approximate surface area is 164 Å². The number of morpholine rings is 1. The number of ether oxygens (including phenoxy) is 1. The second-order valence-electron chi connectivity index (χ2n) is 7.11. The first-order valence-corrected chi connectivity index (χ1v) is 9.76. The topological polar surface area (TPSA) is 24.8 Å². The van der Waals surface area contributed by atoms with Crippen LogP contribution in [0.1, 0.15) is 5.56 Å². The minimum atomic E-state index is 0.800. The van der Waals surface area contributed by atoms with Crippen molar-refractivity contribution in [1.82, 2.24) is 0 Å². The van der Waals surface area contributed by atoms with Crippen molar-refractivity contribution in [2.24, 2.45) is 4.99 Å². The van der Waals surface area contributed by atoms with Gasteiger partial charge in [0.15, 0.2) is 0 Å². The predicted molar refractivity (Wildman–Crippen MR) is 118 cm³/mol. The van der Waals surface area contributed by atoms with Crippen LogP contribution in [0.4, 0.5) is 11.4 Å². The molecule has 1 fully saturated rings. The van der Waals surface area contributed by atoms with Crippen LogP contribution in [-0.2, 0) is 4.74 Å². The van der Waals surface area contributed by atoms with Crippen LogP contribution in [0.25, 0.3) is 21.5 Å². The van der Waals surface area contributed by atoms with E-state index >= 15 is 0 Å². The van der Waals surface area contributed by atoms with Crippen molar-refractivity contribution in [3.05, 3.63) is 84.4 Å². The number of aliphatic imine (C=N–C) groups is 1. The zero-order chi connectivity index (χ0) is 18.8. The van der Waals surface area contributed by atoms with E-state index in [-0.39, 0.29) is 0 Å². The molecule has 1 aliphatic heterocycles. The molecule has 4 aromatic carbocycles. The molecule has 0 aliphatic carbocycles. The van der Waals surface area contributed by atoms with Crippen molar-refractivity contribution in [3.63, 3.8) is 0 Å². The molecule has 0 atom stereocenters. The fourth-order valence-electron chi connectivity index (χ4n) is 3.90. The highest BCUT2D eigenvalue weighted by Gasteiger charge is 2.10. The zero-order valence-corrected chi connectivity index (χ0v) is 15.7. The van der Waals surface area contributed by atoms with Crippen molar-refractivity contribution < 1.29 is 4.74 Å². The number of hydrogen-bond acceptors (Lipinski definition) is 3. The van der Waals surface area contributed by atoms with Gasteiger partial charge in [-0.15, -0.1) is 0 Å². The number of fused-ring (bicyclic) bond motifs is 2. The minimum Gasteiger partial charge on any atom is -0.378 e. The van der Waals surface area contributed by atoms with Crippen LogP contribution >= 0.6 is 0 Å². The van der Waals surface area contributed by atoms with Gasteiger partial charge in [0.1, 0.15) is 0 Å². The molecule has 4 aromatic rings. The SMILES string of the molecule is C(=Nc1ccc(N2CCOCC2)cc1)c1c2ccccc2cc2ccccc12. The van der Waals surface area contributed by atoms with E-state index in [1.807, 2.05) is 6.21 Å². The van der Waals surface area contributed by atoms with E-state index in [0.29, 0.717) is 0 Å². The molecule has 3 heteroatoms. The van der Waals surface area contributed by atoms with E-state index in [4.69, 9.17) is 9.73 Å². The van der Waals surface area contributed by atoms with Crippen LogP contribution < -0.4 is 4.90 Å². The summed E-state index contributed by atoms with van der Waals surface area (Å²) in [6.07, 6.45) is 2.01. The average molecular weight is 366 g/mol. The van der Waals surface area contributed by atoms with Gasteiger partial charge in [0.05, 0.1) is 18.9 Å². The third kappa shape index (κ3) is 3.25. The normalized spacial score (nSPS) is 14.9. The van der Waals surface area contributed by atoms with Crippen LogP contribution in [0.5, 0.6) is 0 Å². The Morgan fingerprint density at radius 2 is 1.36 bits per heavy atom. The summed E-state index contributed by atoms with van der Waals surface area (Å²) in [5.41, 5.74) is 3.37. The minimum absolute atomic E-state index is 0.800. The van der Waals surface area contributed by atoms with Crippen LogP contribution in [0, 0.1) is 0 Å². The van der Waals surface area contributed by atoms with Gasteiger partial charge in [-0.25, -0.2) is 0 Å². The standard InChI is InChI=1S/C25H22N2O/c1-3-7-23-19(5-1)17-20-6-2-4-8-24(20)25(23)18-26-21-9-11-22(12-10-21)27-13-15-28-16-14-27/h1-12,17-18H,13-16H2. The van der Waals surface area contributed by atoms with E-state index in [1.165, 1.54) is 32.8 Å². The van der Waals surface area contributed by atoms with Crippen molar-refractivity contribution >= 4 is 39.1 Å². The molecule has 0 amide bonds. The molecule has 0 saturated carbocycles. The zero-order valence-electron chi connectivity index (χ0n) is 15.7. The smallest absolute Gasteiger partial charge is 0.0642 e. The van der Waals surface area contributed by atoms with Crippen LogP contribution in [0.3, 0.4) is 0 Å². The van der Waals surface area contributed by atoms with Gasteiger partial charge in [0.25, 0.3) is 0 Å². The number of hydrogen-bond donors (Lipinski definition) is 0. The van der Waals surface area contributed by atoms with Crippen molar-refractivity contribution in [2.45, 2.75) is 0 Å². The van der Waals surface area contributed by atoms with E-state index < -0.39 is 0 Å². The Balaban J connectivity index is 1.51. The van der Waals surface area contributed by atoms with Gasteiger partial charge in [0, 0.05) is 30.6 Å². The van der Waals surface area contributed by atoms with Gasteiger partial charge in [-0.1, -0.05) is 48.5 Å². The van der Waals surface area contributed by atoms with Gasteiger partial charge >= 0.3 is 0 Å². The molecule has 0 bridgehead atoms. The molecule has 138 valence electrons. The van der Waals surface area contributed by atoms with E-state index in [1.54, 1.807) is 0 Å². The Morgan fingerprint density at radius 3 is 2.00 bits per heavy atom. The predicted octanol–water partition coefficient (Wildman–Crippen LogP) is 5.58. The molecule has 1 aliphatic rings. The molecule has 3 nitrogen and oxygen atoms in total. The quantitative estimate of drug-likeness (QED) is 0.349. The molecular formula is C25H22N2O. The Bertz CT molecular complexity index is 1090. The van der Waals surface area contributed by atoms with Gasteiger partial charge in [-0.3, -0.25) is 4.99 Å². The molecule has 0 unspecified atom stereocenters. The van der Waals surface area contributed by atoms with Gasteiger partial charge in [-0.2, -0.15) is 0 Å². The molecule has 1 heterocycles. The molecule has 1 saturated heterocycles.